The molecule has 0 spiro atoms. The van der Waals surface area contributed by atoms with Gasteiger partial charge in [-0.25, -0.2) is 4.99 Å². The SMILES string of the molecule is Cc1cc(C)cc(N=C2NC(=O)/C(=C\c3cc(C)n(-c4ccc(I)cc4)c3C)S2)c1. The molecule has 2 heterocycles. The van der Waals surface area contributed by atoms with Crippen LogP contribution in [-0.2, 0) is 4.79 Å². The number of nitrogens with zero attached hydrogens (tertiary/aromatic N) is 2. The number of hydrogen-bond donors (Lipinski definition) is 1. The van der Waals surface area contributed by atoms with E-state index in [1.807, 2.05) is 32.1 Å². The van der Waals surface area contributed by atoms with Crippen molar-refractivity contribution in [3.63, 3.8) is 0 Å². The van der Waals surface area contributed by atoms with E-state index >= 15 is 0 Å². The van der Waals surface area contributed by atoms with Crippen LogP contribution in [0, 0.1) is 31.3 Å². The first-order valence-electron chi connectivity index (χ1n) is 9.63. The molecule has 1 aromatic heterocycles. The topological polar surface area (TPSA) is 46.4 Å². The maximum absolute atomic E-state index is 12.5. The minimum Gasteiger partial charge on any atom is -0.318 e. The van der Waals surface area contributed by atoms with E-state index in [1.54, 1.807) is 0 Å². The van der Waals surface area contributed by atoms with Gasteiger partial charge in [0.15, 0.2) is 5.17 Å². The van der Waals surface area contributed by atoms with Crippen molar-refractivity contribution >= 4 is 57.2 Å². The van der Waals surface area contributed by atoms with Crippen LogP contribution in [0.15, 0.2) is 58.4 Å². The van der Waals surface area contributed by atoms with Crippen LogP contribution >= 0.6 is 34.4 Å². The predicted molar refractivity (Wildman–Crippen MR) is 135 cm³/mol. The molecule has 1 fully saturated rings. The molecule has 0 atom stereocenters. The Balaban J connectivity index is 1.64. The van der Waals surface area contributed by atoms with Crippen LogP contribution in [0.2, 0.25) is 0 Å². The van der Waals surface area contributed by atoms with Gasteiger partial charge in [-0.05, 0) is 127 Å². The normalized spacial score (nSPS) is 16.5. The number of aliphatic imine (C=N–C) groups is 1. The van der Waals surface area contributed by atoms with Gasteiger partial charge in [0.1, 0.15) is 0 Å². The molecule has 1 saturated heterocycles. The molecule has 2 aromatic carbocycles. The monoisotopic (exact) mass is 527 g/mol. The van der Waals surface area contributed by atoms with Gasteiger partial charge in [0.25, 0.3) is 5.91 Å². The van der Waals surface area contributed by atoms with Gasteiger partial charge in [-0.15, -0.1) is 0 Å². The first-order chi connectivity index (χ1) is 14.3. The van der Waals surface area contributed by atoms with Gasteiger partial charge in [0.2, 0.25) is 0 Å². The third-order valence-electron chi connectivity index (χ3n) is 4.93. The summed E-state index contributed by atoms with van der Waals surface area (Å²) in [6.45, 7) is 8.26. The number of hydrogen-bond acceptors (Lipinski definition) is 3. The number of carbonyl (C=O) groups is 1. The largest absolute Gasteiger partial charge is 0.318 e. The summed E-state index contributed by atoms with van der Waals surface area (Å²) in [5.41, 5.74) is 7.56. The highest BCUT2D eigenvalue weighted by Gasteiger charge is 2.24. The molecule has 152 valence electrons. The van der Waals surface area contributed by atoms with Crippen molar-refractivity contribution < 1.29 is 4.79 Å². The highest BCUT2D eigenvalue weighted by Crippen LogP contribution is 2.31. The number of aryl methyl sites for hydroxylation is 3. The molecule has 3 aromatic rings. The molecule has 4 nitrogen and oxygen atoms in total. The number of benzene rings is 2. The molecule has 1 aliphatic rings. The van der Waals surface area contributed by atoms with Crippen molar-refractivity contribution in [1.29, 1.82) is 0 Å². The summed E-state index contributed by atoms with van der Waals surface area (Å²) in [5.74, 6) is -0.109. The summed E-state index contributed by atoms with van der Waals surface area (Å²) in [7, 11) is 0. The van der Waals surface area contributed by atoms with Gasteiger partial charge in [-0.1, -0.05) is 6.07 Å². The van der Waals surface area contributed by atoms with Crippen LogP contribution in [-0.4, -0.2) is 15.6 Å². The van der Waals surface area contributed by atoms with Crippen molar-refractivity contribution in [3.05, 3.63) is 85.1 Å². The van der Waals surface area contributed by atoms with Gasteiger partial charge in [-0.3, -0.25) is 4.79 Å². The number of rotatable bonds is 3. The third-order valence-corrected chi connectivity index (χ3v) is 6.56. The summed E-state index contributed by atoms with van der Waals surface area (Å²) < 4.78 is 3.42. The van der Waals surface area contributed by atoms with Crippen molar-refractivity contribution in [2.45, 2.75) is 27.7 Å². The average molecular weight is 527 g/mol. The van der Waals surface area contributed by atoms with E-state index in [0.717, 1.165) is 39.5 Å². The van der Waals surface area contributed by atoms with E-state index in [-0.39, 0.29) is 5.91 Å². The molecule has 6 heteroatoms. The highest BCUT2D eigenvalue weighted by molar-refractivity contribution is 14.1. The van der Waals surface area contributed by atoms with Crippen LogP contribution in [0.3, 0.4) is 0 Å². The number of carbonyl (C=O) groups excluding carboxylic acids is 1. The summed E-state index contributed by atoms with van der Waals surface area (Å²) in [4.78, 5) is 17.8. The molecule has 1 amide bonds. The van der Waals surface area contributed by atoms with E-state index in [4.69, 9.17) is 0 Å². The van der Waals surface area contributed by atoms with Gasteiger partial charge >= 0.3 is 0 Å². The minimum atomic E-state index is -0.109. The number of halogens is 1. The van der Waals surface area contributed by atoms with Crippen LogP contribution in [0.4, 0.5) is 5.69 Å². The number of amides is 1. The van der Waals surface area contributed by atoms with E-state index in [0.29, 0.717) is 10.1 Å². The fraction of sp³-hybridized carbons (Fsp3) is 0.167. The Labute approximate surface area is 194 Å². The number of nitrogens with one attached hydrogen (secondary N) is 1. The number of amidine groups is 1. The second-order valence-electron chi connectivity index (χ2n) is 7.47. The number of aromatic nitrogens is 1. The Morgan fingerprint density at radius 2 is 1.67 bits per heavy atom. The van der Waals surface area contributed by atoms with Crippen molar-refractivity contribution in [2.75, 3.05) is 0 Å². The molecule has 4 rings (SSSR count). The van der Waals surface area contributed by atoms with E-state index < -0.39 is 0 Å². The zero-order valence-electron chi connectivity index (χ0n) is 17.3. The van der Waals surface area contributed by atoms with Crippen LogP contribution in [0.5, 0.6) is 0 Å². The second kappa shape index (κ2) is 8.43. The molecule has 0 unspecified atom stereocenters. The fourth-order valence-electron chi connectivity index (χ4n) is 3.68. The molecule has 0 aliphatic carbocycles. The molecule has 0 saturated carbocycles. The molecule has 1 aliphatic heterocycles. The zero-order valence-corrected chi connectivity index (χ0v) is 20.3. The Kier molecular flexibility index (Phi) is 5.88. The number of thioether (sulfide) groups is 1. The smallest absolute Gasteiger partial charge is 0.264 e. The Morgan fingerprint density at radius 3 is 2.33 bits per heavy atom. The zero-order chi connectivity index (χ0) is 21.4. The maximum atomic E-state index is 12.5. The van der Waals surface area contributed by atoms with E-state index in [1.165, 1.54) is 15.3 Å². The fourth-order valence-corrected chi connectivity index (χ4v) is 4.87. The lowest BCUT2D eigenvalue weighted by Gasteiger charge is -2.09. The first-order valence-corrected chi connectivity index (χ1v) is 11.5. The minimum absolute atomic E-state index is 0.109. The third kappa shape index (κ3) is 4.39. The van der Waals surface area contributed by atoms with E-state index in [9.17, 15) is 4.79 Å². The van der Waals surface area contributed by atoms with Gasteiger partial charge in [0.05, 0.1) is 10.6 Å². The second-order valence-corrected chi connectivity index (χ2v) is 9.74. The maximum Gasteiger partial charge on any atom is 0.264 e. The quantitative estimate of drug-likeness (QED) is 0.326. The first kappa shape index (κ1) is 20.9. The van der Waals surface area contributed by atoms with Crippen LogP contribution in [0.25, 0.3) is 11.8 Å². The standard InChI is InChI=1S/C24H22IN3OS/c1-14-9-15(2)11-20(10-14)26-24-27-23(29)22(30-24)13-18-12-16(3)28(17(18)4)21-7-5-19(25)6-8-21/h5-13H,1-4H3,(H,26,27,29)/b22-13+. The summed E-state index contributed by atoms with van der Waals surface area (Å²) in [6.07, 6.45) is 1.95. The van der Waals surface area contributed by atoms with Crippen molar-refractivity contribution in [3.8, 4) is 5.69 Å². The lowest BCUT2D eigenvalue weighted by Crippen LogP contribution is -2.19. The lowest BCUT2D eigenvalue weighted by molar-refractivity contribution is -0.115. The Bertz CT molecular complexity index is 1190. The van der Waals surface area contributed by atoms with Gasteiger partial charge in [0, 0.05) is 20.6 Å². The van der Waals surface area contributed by atoms with Crippen molar-refractivity contribution in [2.24, 2.45) is 4.99 Å². The summed E-state index contributed by atoms with van der Waals surface area (Å²) >= 11 is 3.69. The molecule has 30 heavy (non-hydrogen) atoms. The molecule has 0 bridgehead atoms. The molecule has 1 N–H and O–H groups in total. The van der Waals surface area contributed by atoms with Gasteiger partial charge in [-0.2, -0.15) is 0 Å². The molecule has 0 radical (unpaired) electrons. The Morgan fingerprint density at radius 1 is 1.00 bits per heavy atom. The summed E-state index contributed by atoms with van der Waals surface area (Å²) in [5, 5.41) is 3.50. The predicted octanol–water partition coefficient (Wildman–Crippen LogP) is 6.21. The molecular formula is C24H22IN3OS. The van der Waals surface area contributed by atoms with Gasteiger partial charge < -0.3 is 9.88 Å². The van der Waals surface area contributed by atoms with Crippen molar-refractivity contribution in [1.82, 2.24) is 9.88 Å². The Hall–Kier alpha value is -2.32. The van der Waals surface area contributed by atoms with Crippen LogP contribution in [0.1, 0.15) is 28.1 Å². The lowest BCUT2D eigenvalue weighted by atomic mass is 10.1. The molecular weight excluding hydrogens is 505 g/mol. The van der Waals surface area contributed by atoms with E-state index in [2.05, 4.69) is 87.7 Å². The van der Waals surface area contributed by atoms with Crippen LogP contribution < -0.4 is 5.32 Å². The summed E-state index contributed by atoms with van der Waals surface area (Å²) in [6, 6.07) is 16.7. The highest BCUT2D eigenvalue weighted by atomic mass is 127. The average Bonchev–Trinajstić information content (AvgIpc) is 3.14.